The minimum atomic E-state index is -0.488. The van der Waals surface area contributed by atoms with Crippen molar-refractivity contribution in [2.75, 3.05) is 18.0 Å². The molecule has 1 aliphatic heterocycles. The van der Waals surface area contributed by atoms with E-state index in [1.807, 2.05) is 24.3 Å². The van der Waals surface area contributed by atoms with E-state index in [1.165, 1.54) is 6.33 Å². The van der Waals surface area contributed by atoms with Crippen LogP contribution < -0.4 is 16.0 Å². The molecule has 2 aromatic carbocycles. The number of benzene rings is 2. The summed E-state index contributed by atoms with van der Waals surface area (Å²) in [5, 5.41) is 5.54. The third-order valence-electron chi connectivity index (χ3n) is 5.02. The molecule has 1 amide bonds. The topological polar surface area (TPSA) is 84.1 Å². The van der Waals surface area contributed by atoms with Gasteiger partial charge in [0.05, 0.1) is 21.1 Å². The molecule has 1 atom stereocenters. The van der Waals surface area contributed by atoms with E-state index in [0.717, 1.165) is 42.7 Å². The number of hydrogen-bond acceptors (Lipinski definition) is 5. The van der Waals surface area contributed by atoms with Gasteiger partial charge in [-0.2, -0.15) is 0 Å². The molecule has 1 aromatic heterocycles. The zero-order valence-corrected chi connectivity index (χ0v) is 16.5. The minimum Gasteiger partial charge on any atom is -0.369 e. The van der Waals surface area contributed by atoms with Gasteiger partial charge in [-0.25, -0.2) is 9.97 Å². The summed E-state index contributed by atoms with van der Waals surface area (Å²) in [6.07, 6.45) is 4.18. The van der Waals surface area contributed by atoms with Crippen LogP contribution in [0.25, 0.3) is 10.9 Å². The Labute approximate surface area is 172 Å². The molecule has 8 heteroatoms. The summed E-state index contributed by atoms with van der Waals surface area (Å²) in [4.78, 5) is 22.4. The zero-order valence-electron chi connectivity index (χ0n) is 15.0. The van der Waals surface area contributed by atoms with Gasteiger partial charge in [-0.3, -0.25) is 4.79 Å². The second-order valence-corrected chi connectivity index (χ2v) is 7.66. The number of nitrogens with two attached hydrogens (primary N) is 1. The molecule has 144 valence electrons. The summed E-state index contributed by atoms with van der Waals surface area (Å²) in [5.41, 5.74) is 8.59. The molecule has 1 aliphatic rings. The number of carbonyl (C=O) groups excluding carboxylic acids is 1. The highest BCUT2D eigenvalue weighted by molar-refractivity contribution is 6.42. The Hall–Kier alpha value is -2.41. The molecule has 0 radical (unpaired) electrons. The molecule has 4 rings (SSSR count). The van der Waals surface area contributed by atoms with E-state index in [-0.39, 0.29) is 0 Å². The number of aromatic nitrogens is 2. The average molecular weight is 416 g/mol. The predicted octanol–water partition coefficient (Wildman–Crippen LogP) is 3.40. The summed E-state index contributed by atoms with van der Waals surface area (Å²) in [7, 11) is 0. The summed E-state index contributed by atoms with van der Waals surface area (Å²) < 4.78 is 0. The Bertz CT molecular complexity index is 1040. The van der Waals surface area contributed by atoms with Crippen molar-refractivity contribution >= 4 is 45.7 Å². The summed E-state index contributed by atoms with van der Waals surface area (Å²) in [6, 6.07) is 9.67. The largest absolute Gasteiger partial charge is 0.369 e. The molecule has 28 heavy (non-hydrogen) atoms. The van der Waals surface area contributed by atoms with Crippen LogP contribution in [0.4, 0.5) is 5.69 Å². The first-order valence-corrected chi connectivity index (χ1v) is 9.73. The lowest BCUT2D eigenvalue weighted by Gasteiger charge is -2.21. The van der Waals surface area contributed by atoms with Gasteiger partial charge in [-0.05, 0) is 36.2 Å². The van der Waals surface area contributed by atoms with Gasteiger partial charge in [0.1, 0.15) is 6.33 Å². The Morgan fingerprint density at radius 2 is 2.11 bits per heavy atom. The molecule has 2 heterocycles. The zero-order chi connectivity index (χ0) is 19.7. The van der Waals surface area contributed by atoms with E-state index in [4.69, 9.17) is 28.9 Å². The third kappa shape index (κ3) is 3.76. The van der Waals surface area contributed by atoms with Gasteiger partial charge in [-0.15, -0.1) is 0 Å². The molecule has 1 unspecified atom stereocenters. The van der Waals surface area contributed by atoms with Gasteiger partial charge in [0.15, 0.2) is 0 Å². The number of carbonyl (C=O) groups is 1. The van der Waals surface area contributed by atoms with Crippen LogP contribution in [-0.2, 0) is 6.54 Å². The Balaban J connectivity index is 1.49. The van der Waals surface area contributed by atoms with Gasteiger partial charge < -0.3 is 16.0 Å². The molecule has 3 aromatic rings. The van der Waals surface area contributed by atoms with E-state index in [1.54, 1.807) is 12.3 Å². The van der Waals surface area contributed by atoms with Crippen molar-refractivity contribution in [3.63, 3.8) is 0 Å². The fourth-order valence-corrected chi connectivity index (χ4v) is 3.92. The van der Waals surface area contributed by atoms with Gasteiger partial charge in [0.2, 0.25) is 0 Å². The first-order valence-electron chi connectivity index (χ1n) is 8.97. The van der Waals surface area contributed by atoms with Crippen LogP contribution in [0.2, 0.25) is 10.0 Å². The number of amides is 1. The maximum atomic E-state index is 11.7. The van der Waals surface area contributed by atoms with Crippen molar-refractivity contribution in [3.8, 4) is 0 Å². The maximum absolute atomic E-state index is 11.7. The van der Waals surface area contributed by atoms with Gasteiger partial charge in [-0.1, -0.05) is 29.3 Å². The lowest BCUT2D eigenvalue weighted by molar-refractivity contribution is 0.100. The van der Waals surface area contributed by atoms with Crippen LogP contribution in [0.5, 0.6) is 0 Å². The quantitative estimate of drug-likeness (QED) is 0.666. The van der Waals surface area contributed by atoms with Gasteiger partial charge >= 0.3 is 0 Å². The highest BCUT2D eigenvalue weighted by atomic mass is 35.5. The summed E-state index contributed by atoms with van der Waals surface area (Å²) in [6.45, 7) is 2.47. The van der Waals surface area contributed by atoms with Crippen molar-refractivity contribution in [1.29, 1.82) is 0 Å². The van der Waals surface area contributed by atoms with Crippen molar-refractivity contribution in [2.45, 2.75) is 19.0 Å². The fraction of sp³-hybridized carbons (Fsp3) is 0.250. The van der Waals surface area contributed by atoms with Crippen LogP contribution in [-0.4, -0.2) is 35.0 Å². The second kappa shape index (κ2) is 7.91. The Morgan fingerprint density at radius 3 is 2.89 bits per heavy atom. The number of halogens is 2. The molecule has 0 aliphatic carbocycles. The van der Waals surface area contributed by atoms with Crippen LogP contribution in [0.1, 0.15) is 22.3 Å². The van der Waals surface area contributed by atoms with E-state index in [0.29, 0.717) is 27.2 Å². The number of primary amides is 1. The number of fused-ring (bicyclic) bond motifs is 1. The normalized spacial score (nSPS) is 16.6. The molecular weight excluding hydrogens is 397 g/mol. The number of rotatable bonds is 5. The van der Waals surface area contributed by atoms with Crippen LogP contribution in [0.3, 0.4) is 0 Å². The average Bonchev–Trinajstić information content (AvgIpc) is 3.16. The fourth-order valence-electron chi connectivity index (χ4n) is 3.59. The molecule has 0 saturated carbocycles. The van der Waals surface area contributed by atoms with E-state index in [2.05, 4.69) is 20.2 Å². The molecule has 6 nitrogen and oxygen atoms in total. The predicted molar refractivity (Wildman–Crippen MR) is 112 cm³/mol. The van der Waals surface area contributed by atoms with Gasteiger partial charge in [0.25, 0.3) is 5.91 Å². The number of anilines is 1. The molecular formula is C20H19Cl2N5O. The van der Waals surface area contributed by atoms with Crippen molar-refractivity contribution in [3.05, 3.63) is 64.0 Å². The second-order valence-electron chi connectivity index (χ2n) is 6.84. The van der Waals surface area contributed by atoms with E-state index >= 15 is 0 Å². The van der Waals surface area contributed by atoms with Crippen molar-refractivity contribution in [1.82, 2.24) is 15.3 Å². The highest BCUT2D eigenvalue weighted by Gasteiger charge is 2.24. The summed E-state index contributed by atoms with van der Waals surface area (Å²) >= 11 is 12.1. The number of nitrogens with one attached hydrogen (secondary N) is 1. The lowest BCUT2D eigenvalue weighted by Crippen LogP contribution is -2.32. The lowest BCUT2D eigenvalue weighted by atomic mass is 10.1. The third-order valence-corrected chi connectivity index (χ3v) is 5.76. The molecule has 1 saturated heterocycles. The summed E-state index contributed by atoms with van der Waals surface area (Å²) in [5.74, 6) is -0.488. The van der Waals surface area contributed by atoms with Crippen LogP contribution >= 0.6 is 23.2 Å². The molecule has 1 fully saturated rings. The van der Waals surface area contributed by atoms with E-state index in [9.17, 15) is 4.79 Å². The highest BCUT2D eigenvalue weighted by Crippen LogP contribution is 2.30. The minimum absolute atomic E-state index is 0.338. The number of nitrogens with zero attached hydrogens (tertiary/aromatic N) is 3. The van der Waals surface area contributed by atoms with Gasteiger partial charge in [0, 0.05) is 42.9 Å². The number of hydrogen-bond donors (Lipinski definition) is 2. The Morgan fingerprint density at radius 1 is 1.25 bits per heavy atom. The van der Waals surface area contributed by atoms with Crippen molar-refractivity contribution in [2.24, 2.45) is 5.73 Å². The maximum Gasteiger partial charge on any atom is 0.250 e. The first-order chi connectivity index (χ1) is 13.5. The molecule has 0 bridgehead atoms. The van der Waals surface area contributed by atoms with E-state index < -0.39 is 5.91 Å². The SMILES string of the molecule is NC(=O)c1ccc(N2CCC(NCc3ccc(Cl)c(Cl)c3)C2)c2cncnc12. The molecule has 0 spiro atoms. The standard InChI is InChI=1S/C20H19Cl2N5O/c21-16-3-1-12(7-17(16)22)8-25-13-5-6-27(10-13)18-4-2-14(20(23)28)19-15(18)9-24-11-26-19/h1-4,7,9,11,13,25H,5-6,8,10H2,(H2,23,28). The smallest absolute Gasteiger partial charge is 0.250 e. The monoisotopic (exact) mass is 415 g/mol. The Kier molecular flexibility index (Phi) is 5.35. The molecule has 3 N–H and O–H groups in total. The first kappa shape index (κ1) is 18.9. The van der Waals surface area contributed by atoms with Crippen molar-refractivity contribution < 1.29 is 4.79 Å². The van der Waals surface area contributed by atoms with Crippen LogP contribution in [0.15, 0.2) is 42.9 Å². The van der Waals surface area contributed by atoms with Crippen LogP contribution in [0, 0.1) is 0 Å².